The van der Waals surface area contributed by atoms with E-state index in [1.807, 2.05) is 7.05 Å². The van der Waals surface area contributed by atoms with E-state index in [-0.39, 0.29) is 10.9 Å². The van der Waals surface area contributed by atoms with Crippen LogP contribution in [0.3, 0.4) is 0 Å². The molecule has 0 atom stereocenters. The van der Waals surface area contributed by atoms with Crippen LogP contribution in [0.15, 0.2) is 58.8 Å². The third-order valence-electron chi connectivity index (χ3n) is 5.08. The van der Waals surface area contributed by atoms with Crippen LogP contribution in [0.5, 0.6) is 0 Å². The number of likely N-dealkylation sites (tertiary alicyclic amines) is 1. The maximum Gasteiger partial charge on any atom is 0.271 e. The monoisotopic (exact) mass is 415 g/mol. The van der Waals surface area contributed by atoms with E-state index in [9.17, 15) is 13.2 Å². The largest absolute Gasteiger partial charge is 0.306 e. The quantitative estimate of drug-likeness (QED) is 0.571. The second-order valence-electron chi connectivity index (χ2n) is 7.06. The molecule has 29 heavy (non-hydrogen) atoms. The number of piperidine rings is 1. The highest BCUT2D eigenvalue weighted by molar-refractivity contribution is 7.89. The van der Waals surface area contributed by atoms with Gasteiger partial charge in [-0.3, -0.25) is 9.78 Å². The van der Waals surface area contributed by atoms with E-state index in [0.717, 1.165) is 31.5 Å². The van der Waals surface area contributed by atoms with Gasteiger partial charge >= 0.3 is 0 Å². The number of sulfonamides is 1. The SMILES string of the molecule is CN1CCC(N(C)S(=O)(=O)c2ccc(C(=O)N/N=C\c3ccncc3)cc2)CC1. The maximum absolute atomic E-state index is 12.9. The van der Waals surface area contributed by atoms with Gasteiger partial charge in [-0.15, -0.1) is 0 Å². The van der Waals surface area contributed by atoms with Crippen molar-refractivity contribution >= 4 is 22.1 Å². The molecule has 0 bridgehead atoms. The summed E-state index contributed by atoms with van der Waals surface area (Å²) in [6.45, 7) is 1.76. The smallest absolute Gasteiger partial charge is 0.271 e. The highest BCUT2D eigenvalue weighted by atomic mass is 32.2. The van der Waals surface area contributed by atoms with Crippen LogP contribution in [-0.4, -0.2) is 68.0 Å². The molecule has 8 nitrogen and oxygen atoms in total. The number of hydrazone groups is 1. The molecule has 2 aromatic rings. The lowest BCUT2D eigenvalue weighted by Crippen LogP contribution is -2.44. The summed E-state index contributed by atoms with van der Waals surface area (Å²) in [4.78, 5) is 18.5. The molecule has 1 amide bonds. The molecule has 0 saturated carbocycles. The number of carbonyl (C=O) groups excluding carboxylic acids is 1. The van der Waals surface area contributed by atoms with Gasteiger partial charge in [0, 0.05) is 31.0 Å². The lowest BCUT2D eigenvalue weighted by atomic mass is 10.1. The number of nitrogens with zero attached hydrogens (tertiary/aromatic N) is 4. The number of aromatic nitrogens is 1. The molecule has 0 spiro atoms. The minimum absolute atomic E-state index is 0.0123. The van der Waals surface area contributed by atoms with Crippen LogP contribution in [0, 0.1) is 0 Å². The molecule has 1 aliphatic heterocycles. The summed E-state index contributed by atoms with van der Waals surface area (Å²) >= 11 is 0. The van der Waals surface area contributed by atoms with Crippen LogP contribution in [-0.2, 0) is 10.0 Å². The molecule has 1 N–H and O–H groups in total. The van der Waals surface area contributed by atoms with Crippen molar-refractivity contribution < 1.29 is 13.2 Å². The van der Waals surface area contributed by atoms with E-state index in [0.29, 0.717) is 5.56 Å². The standard InChI is InChI=1S/C20H25N5O3S/c1-24-13-9-18(10-14-24)25(2)29(27,28)19-5-3-17(4-6-19)20(26)23-22-15-16-7-11-21-12-8-16/h3-8,11-12,15,18H,9-10,13-14H2,1-2H3,(H,23,26)/b22-15-. The van der Waals surface area contributed by atoms with Crippen molar-refractivity contribution in [3.05, 3.63) is 59.9 Å². The van der Waals surface area contributed by atoms with Crippen LogP contribution < -0.4 is 5.43 Å². The van der Waals surface area contributed by atoms with Gasteiger partial charge in [-0.05, 0) is 74.9 Å². The van der Waals surface area contributed by atoms with Crippen molar-refractivity contribution in [2.24, 2.45) is 5.10 Å². The van der Waals surface area contributed by atoms with Crippen molar-refractivity contribution in [3.63, 3.8) is 0 Å². The van der Waals surface area contributed by atoms with Crippen molar-refractivity contribution in [2.75, 3.05) is 27.2 Å². The molecule has 0 unspecified atom stereocenters. The molecule has 9 heteroatoms. The van der Waals surface area contributed by atoms with Crippen molar-refractivity contribution in [1.82, 2.24) is 19.6 Å². The number of hydrogen-bond donors (Lipinski definition) is 1. The molecular weight excluding hydrogens is 390 g/mol. The van der Waals surface area contributed by atoms with E-state index in [1.54, 1.807) is 31.6 Å². The molecule has 1 aliphatic rings. The zero-order chi connectivity index (χ0) is 20.9. The highest BCUT2D eigenvalue weighted by Crippen LogP contribution is 2.22. The Morgan fingerprint density at radius 3 is 2.41 bits per heavy atom. The molecule has 3 rings (SSSR count). The summed E-state index contributed by atoms with van der Waals surface area (Å²) in [5.74, 6) is -0.414. The van der Waals surface area contributed by atoms with Crippen molar-refractivity contribution in [3.8, 4) is 0 Å². The number of carbonyl (C=O) groups is 1. The Labute approximate surface area is 171 Å². The lowest BCUT2D eigenvalue weighted by molar-refractivity contribution is 0.0955. The van der Waals surface area contributed by atoms with Crippen LogP contribution >= 0.6 is 0 Å². The van der Waals surface area contributed by atoms with Gasteiger partial charge in [0.15, 0.2) is 0 Å². The Bertz CT molecular complexity index is 953. The number of benzene rings is 1. The predicted molar refractivity (Wildman–Crippen MR) is 111 cm³/mol. The number of nitrogens with one attached hydrogen (secondary N) is 1. The Morgan fingerprint density at radius 2 is 1.79 bits per heavy atom. The molecule has 1 aromatic carbocycles. The van der Waals surface area contributed by atoms with Crippen LogP contribution in [0.2, 0.25) is 0 Å². The Balaban J connectivity index is 1.64. The molecular formula is C20H25N5O3S. The minimum Gasteiger partial charge on any atom is -0.306 e. The number of pyridine rings is 1. The van der Waals surface area contributed by atoms with E-state index in [2.05, 4.69) is 20.4 Å². The first-order valence-electron chi connectivity index (χ1n) is 9.38. The van der Waals surface area contributed by atoms with Crippen molar-refractivity contribution in [1.29, 1.82) is 0 Å². The normalized spacial score (nSPS) is 16.4. The van der Waals surface area contributed by atoms with E-state index >= 15 is 0 Å². The second kappa shape index (κ2) is 9.25. The predicted octanol–water partition coefficient (Wildman–Crippen LogP) is 1.56. The molecule has 1 fully saturated rings. The molecule has 0 radical (unpaired) electrons. The average Bonchev–Trinajstić information content (AvgIpc) is 2.74. The van der Waals surface area contributed by atoms with Gasteiger partial charge in [-0.25, -0.2) is 13.8 Å². The van der Waals surface area contributed by atoms with Gasteiger partial charge in [0.1, 0.15) is 0 Å². The number of hydrogen-bond acceptors (Lipinski definition) is 6. The van der Waals surface area contributed by atoms with Gasteiger partial charge in [0.25, 0.3) is 5.91 Å². The van der Waals surface area contributed by atoms with E-state index in [4.69, 9.17) is 0 Å². The fraction of sp³-hybridized carbons (Fsp3) is 0.350. The zero-order valence-corrected chi connectivity index (χ0v) is 17.3. The zero-order valence-electron chi connectivity index (χ0n) is 16.5. The van der Waals surface area contributed by atoms with Gasteiger partial charge in [-0.2, -0.15) is 9.41 Å². The highest BCUT2D eigenvalue weighted by Gasteiger charge is 2.30. The number of amides is 1. The number of rotatable bonds is 6. The first-order chi connectivity index (χ1) is 13.9. The fourth-order valence-corrected chi connectivity index (χ4v) is 4.59. The summed E-state index contributed by atoms with van der Waals surface area (Å²) in [7, 11) is 0.0581. The summed E-state index contributed by atoms with van der Waals surface area (Å²) in [5.41, 5.74) is 3.57. The van der Waals surface area contributed by atoms with Gasteiger partial charge < -0.3 is 4.90 Å². The molecule has 1 saturated heterocycles. The first kappa shape index (κ1) is 21.1. The van der Waals surface area contributed by atoms with E-state index in [1.165, 1.54) is 34.8 Å². The fourth-order valence-electron chi connectivity index (χ4n) is 3.18. The molecule has 2 heterocycles. The summed E-state index contributed by atoms with van der Waals surface area (Å²) in [6, 6.07) is 9.41. The third-order valence-corrected chi connectivity index (χ3v) is 7.01. The molecule has 0 aliphatic carbocycles. The van der Waals surface area contributed by atoms with E-state index < -0.39 is 15.9 Å². The summed E-state index contributed by atoms with van der Waals surface area (Å²) < 4.78 is 27.3. The van der Waals surface area contributed by atoms with Crippen LogP contribution in [0.25, 0.3) is 0 Å². The second-order valence-corrected chi connectivity index (χ2v) is 9.06. The third kappa shape index (κ3) is 5.26. The van der Waals surface area contributed by atoms with Crippen LogP contribution in [0.4, 0.5) is 0 Å². The average molecular weight is 416 g/mol. The molecule has 154 valence electrons. The minimum atomic E-state index is -3.60. The maximum atomic E-state index is 12.9. The van der Waals surface area contributed by atoms with Gasteiger partial charge in [0.2, 0.25) is 10.0 Å². The topological polar surface area (TPSA) is 95.0 Å². The lowest BCUT2D eigenvalue weighted by Gasteiger charge is -2.34. The van der Waals surface area contributed by atoms with Crippen molar-refractivity contribution in [2.45, 2.75) is 23.8 Å². The van der Waals surface area contributed by atoms with Gasteiger partial charge in [-0.1, -0.05) is 0 Å². The molecule has 1 aromatic heterocycles. The summed E-state index contributed by atoms with van der Waals surface area (Å²) in [5, 5.41) is 3.90. The Kier molecular flexibility index (Phi) is 6.73. The first-order valence-corrected chi connectivity index (χ1v) is 10.8. The Morgan fingerprint density at radius 1 is 1.17 bits per heavy atom. The van der Waals surface area contributed by atoms with Gasteiger partial charge in [0.05, 0.1) is 11.1 Å². The van der Waals surface area contributed by atoms with Crippen LogP contribution in [0.1, 0.15) is 28.8 Å². The summed E-state index contributed by atoms with van der Waals surface area (Å²) in [6.07, 6.45) is 6.38. The Hall–Kier alpha value is -2.62.